The van der Waals surface area contributed by atoms with Crippen LogP contribution in [0, 0.1) is 0 Å². The molecule has 0 N–H and O–H groups in total. The Kier molecular flexibility index (Phi) is 5.03. The van der Waals surface area contributed by atoms with E-state index < -0.39 is 0 Å². The number of ether oxygens (including phenoxy) is 2. The number of hydrogen-bond acceptors (Lipinski definition) is 2. The number of hydrogen-bond donors (Lipinski definition) is 0. The van der Waals surface area contributed by atoms with Crippen LogP contribution in [0.5, 0.6) is 0 Å². The van der Waals surface area contributed by atoms with Gasteiger partial charge in [-0.3, -0.25) is 0 Å². The van der Waals surface area contributed by atoms with Gasteiger partial charge in [-0.2, -0.15) is 0 Å². The highest BCUT2D eigenvalue weighted by Gasteiger charge is 2.08. The SMILES string of the molecule is C=C(OC)C(CC)OCC. The normalized spacial score (nSPS) is 12.7. The maximum atomic E-state index is 5.32. The van der Waals surface area contributed by atoms with Crippen molar-refractivity contribution in [3.63, 3.8) is 0 Å². The van der Waals surface area contributed by atoms with E-state index in [-0.39, 0.29) is 6.10 Å². The third kappa shape index (κ3) is 2.87. The molecule has 0 aliphatic rings. The summed E-state index contributed by atoms with van der Waals surface area (Å²) >= 11 is 0. The van der Waals surface area contributed by atoms with Crippen molar-refractivity contribution < 1.29 is 9.47 Å². The van der Waals surface area contributed by atoms with Crippen molar-refractivity contribution in [2.45, 2.75) is 26.4 Å². The third-order valence-corrected chi connectivity index (χ3v) is 1.36. The van der Waals surface area contributed by atoms with E-state index in [1.807, 2.05) is 13.8 Å². The predicted molar refractivity (Wildman–Crippen MR) is 41.9 cm³/mol. The molecule has 0 radical (unpaired) electrons. The van der Waals surface area contributed by atoms with E-state index in [1.165, 1.54) is 0 Å². The van der Waals surface area contributed by atoms with E-state index in [4.69, 9.17) is 9.47 Å². The minimum absolute atomic E-state index is 0.0648. The zero-order valence-electron chi connectivity index (χ0n) is 7.02. The molecule has 0 bridgehead atoms. The molecular weight excluding hydrogens is 128 g/mol. The Bertz CT molecular complexity index is 99.4. The second-order valence-corrected chi connectivity index (χ2v) is 2.02. The molecule has 1 unspecified atom stereocenters. The van der Waals surface area contributed by atoms with Crippen molar-refractivity contribution in [2.75, 3.05) is 13.7 Å². The Morgan fingerprint density at radius 1 is 1.50 bits per heavy atom. The summed E-state index contributed by atoms with van der Waals surface area (Å²) in [7, 11) is 1.62. The lowest BCUT2D eigenvalue weighted by molar-refractivity contribution is 0.0460. The van der Waals surface area contributed by atoms with Gasteiger partial charge in [0.15, 0.2) is 0 Å². The van der Waals surface area contributed by atoms with Crippen molar-refractivity contribution in [1.29, 1.82) is 0 Å². The van der Waals surface area contributed by atoms with Crippen molar-refractivity contribution in [1.82, 2.24) is 0 Å². The maximum absolute atomic E-state index is 5.32. The van der Waals surface area contributed by atoms with Gasteiger partial charge in [-0.15, -0.1) is 0 Å². The van der Waals surface area contributed by atoms with E-state index >= 15 is 0 Å². The van der Waals surface area contributed by atoms with Crippen molar-refractivity contribution in [2.24, 2.45) is 0 Å². The molecule has 0 spiro atoms. The molecule has 0 aromatic heterocycles. The zero-order chi connectivity index (χ0) is 7.98. The van der Waals surface area contributed by atoms with Gasteiger partial charge in [0.25, 0.3) is 0 Å². The smallest absolute Gasteiger partial charge is 0.117 e. The van der Waals surface area contributed by atoms with Crippen molar-refractivity contribution in [3.8, 4) is 0 Å². The molecule has 0 aliphatic carbocycles. The van der Waals surface area contributed by atoms with Gasteiger partial charge in [-0.25, -0.2) is 0 Å². The minimum Gasteiger partial charge on any atom is -0.499 e. The van der Waals surface area contributed by atoms with E-state index in [9.17, 15) is 0 Å². The van der Waals surface area contributed by atoms with Crippen LogP contribution in [0.1, 0.15) is 20.3 Å². The predicted octanol–water partition coefficient (Wildman–Crippen LogP) is 1.96. The van der Waals surface area contributed by atoms with Crippen LogP contribution in [-0.2, 0) is 9.47 Å². The molecule has 2 heteroatoms. The first-order valence-corrected chi connectivity index (χ1v) is 3.60. The quantitative estimate of drug-likeness (QED) is 0.549. The average Bonchev–Trinajstić information content (AvgIpc) is 1.99. The summed E-state index contributed by atoms with van der Waals surface area (Å²) in [5.41, 5.74) is 0. The van der Waals surface area contributed by atoms with Crippen LogP contribution in [0.2, 0.25) is 0 Å². The largest absolute Gasteiger partial charge is 0.499 e. The van der Waals surface area contributed by atoms with Crippen LogP contribution in [-0.4, -0.2) is 19.8 Å². The molecule has 0 fully saturated rings. The fourth-order valence-corrected chi connectivity index (χ4v) is 0.771. The molecule has 0 rings (SSSR count). The Hall–Kier alpha value is -0.500. The summed E-state index contributed by atoms with van der Waals surface area (Å²) in [4.78, 5) is 0. The molecule has 1 atom stereocenters. The molecule has 0 aromatic carbocycles. The lowest BCUT2D eigenvalue weighted by atomic mass is 10.2. The van der Waals surface area contributed by atoms with Gasteiger partial charge < -0.3 is 9.47 Å². The van der Waals surface area contributed by atoms with Gasteiger partial charge in [0.1, 0.15) is 11.9 Å². The molecule has 2 nitrogen and oxygen atoms in total. The Balaban J connectivity index is 3.68. The summed E-state index contributed by atoms with van der Waals surface area (Å²) in [6.07, 6.45) is 0.982. The molecule has 0 aromatic rings. The monoisotopic (exact) mass is 144 g/mol. The van der Waals surface area contributed by atoms with E-state index in [0.717, 1.165) is 6.42 Å². The van der Waals surface area contributed by atoms with Gasteiger partial charge in [-0.1, -0.05) is 13.5 Å². The molecule has 10 heavy (non-hydrogen) atoms. The first-order chi connectivity index (χ1) is 4.76. The molecule has 0 amide bonds. The summed E-state index contributed by atoms with van der Waals surface area (Å²) in [6.45, 7) is 8.44. The van der Waals surface area contributed by atoms with E-state index in [1.54, 1.807) is 7.11 Å². The minimum atomic E-state index is 0.0648. The molecule has 0 heterocycles. The fraction of sp³-hybridized carbons (Fsp3) is 0.750. The van der Waals surface area contributed by atoms with Gasteiger partial charge in [0.05, 0.1) is 7.11 Å². The van der Waals surface area contributed by atoms with Gasteiger partial charge in [0, 0.05) is 6.61 Å². The zero-order valence-corrected chi connectivity index (χ0v) is 7.02. The van der Waals surface area contributed by atoms with Crippen LogP contribution >= 0.6 is 0 Å². The average molecular weight is 144 g/mol. The molecular formula is C8H16O2. The second-order valence-electron chi connectivity index (χ2n) is 2.02. The molecule has 0 aliphatic heterocycles. The van der Waals surface area contributed by atoms with Gasteiger partial charge in [-0.05, 0) is 13.3 Å². The van der Waals surface area contributed by atoms with Crippen LogP contribution in [0.4, 0.5) is 0 Å². The highest BCUT2D eigenvalue weighted by atomic mass is 16.5. The summed E-state index contributed by atoms with van der Waals surface area (Å²) < 4.78 is 10.3. The highest BCUT2D eigenvalue weighted by molar-refractivity contribution is 4.91. The summed E-state index contributed by atoms with van der Waals surface area (Å²) in [6, 6.07) is 0. The van der Waals surface area contributed by atoms with Gasteiger partial charge >= 0.3 is 0 Å². The molecule has 60 valence electrons. The van der Waals surface area contributed by atoms with E-state index in [2.05, 4.69) is 6.58 Å². The van der Waals surface area contributed by atoms with Crippen LogP contribution in [0.3, 0.4) is 0 Å². The number of rotatable bonds is 5. The highest BCUT2D eigenvalue weighted by Crippen LogP contribution is 2.08. The third-order valence-electron chi connectivity index (χ3n) is 1.36. The lowest BCUT2D eigenvalue weighted by Gasteiger charge is -2.15. The van der Waals surface area contributed by atoms with E-state index in [0.29, 0.717) is 12.4 Å². The first kappa shape index (κ1) is 9.50. The lowest BCUT2D eigenvalue weighted by Crippen LogP contribution is -2.14. The summed E-state index contributed by atoms with van der Waals surface area (Å²) in [5, 5.41) is 0. The van der Waals surface area contributed by atoms with Gasteiger partial charge in [0.2, 0.25) is 0 Å². The second kappa shape index (κ2) is 5.30. The molecule has 0 saturated carbocycles. The van der Waals surface area contributed by atoms with Crippen LogP contribution in [0.25, 0.3) is 0 Å². The fourth-order valence-electron chi connectivity index (χ4n) is 0.771. The number of methoxy groups -OCH3 is 1. The first-order valence-electron chi connectivity index (χ1n) is 3.60. The topological polar surface area (TPSA) is 18.5 Å². The van der Waals surface area contributed by atoms with Crippen molar-refractivity contribution >= 4 is 0 Å². The Labute approximate surface area is 62.8 Å². The van der Waals surface area contributed by atoms with Crippen molar-refractivity contribution in [3.05, 3.63) is 12.3 Å². The Morgan fingerprint density at radius 3 is 2.40 bits per heavy atom. The van der Waals surface area contributed by atoms with Crippen LogP contribution in [0.15, 0.2) is 12.3 Å². The molecule has 0 saturated heterocycles. The maximum Gasteiger partial charge on any atom is 0.117 e. The van der Waals surface area contributed by atoms with Crippen LogP contribution < -0.4 is 0 Å². The Morgan fingerprint density at radius 2 is 2.10 bits per heavy atom. The summed E-state index contributed by atoms with van der Waals surface area (Å²) in [5.74, 6) is 0.712. The standard InChI is InChI=1S/C8H16O2/c1-5-8(10-6-2)7(3)9-4/h8H,3,5-6H2,1-2,4H3.